The molecule has 0 spiro atoms. The maximum absolute atomic E-state index is 9.91. The lowest BCUT2D eigenvalue weighted by molar-refractivity contribution is -0.00603. The van der Waals surface area contributed by atoms with Gasteiger partial charge in [-0.1, -0.05) is 39.5 Å². The number of hydrogen-bond acceptors (Lipinski definition) is 4. The fraction of sp³-hybridized carbons (Fsp3) is 1.00. The standard InChI is InChI=1S/C15H32O4/c1-12(13(2)11-17)10-15(19)14(18)8-6-4-3-5-7-9-16/h12-19H,3-11H2,1-2H3. The van der Waals surface area contributed by atoms with Crippen LogP contribution in [0.25, 0.3) is 0 Å². The Hall–Kier alpha value is -0.160. The van der Waals surface area contributed by atoms with E-state index in [1.54, 1.807) is 0 Å². The molecule has 0 fully saturated rings. The average molecular weight is 276 g/mol. The molecule has 0 rings (SSSR count). The molecule has 0 saturated heterocycles. The van der Waals surface area contributed by atoms with Gasteiger partial charge in [0.15, 0.2) is 0 Å². The summed E-state index contributed by atoms with van der Waals surface area (Å²) in [6, 6.07) is 0. The van der Waals surface area contributed by atoms with Gasteiger partial charge < -0.3 is 20.4 Å². The van der Waals surface area contributed by atoms with Crippen LogP contribution in [0.15, 0.2) is 0 Å². The summed E-state index contributed by atoms with van der Waals surface area (Å²) in [7, 11) is 0. The van der Waals surface area contributed by atoms with E-state index in [1.165, 1.54) is 0 Å². The molecule has 0 saturated carbocycles. The highest BCUT2D eigenvalue weighted by atomic mass is 16.3. The molecule has 0 radical (unpaired) electrons. The number of aliphatic hydroxyl groups excluding tert-OH is 4. The minimum atomic E-state index is -0.693. The van der Waals surface area contributed by atoms with Gasteiger partial charge in [0.25, 0.3) is 0 Å². The van der Waals surface area contributed by atoms with Crippen LogP contribution in [0.2, 0.25) is 0 Å². The Balaban J connectivity index is 3.66. The first-order valence-corrected chi connectivity index (χ1v) is 7.60. The van der Waals surface area contributed by atoms with Crippen LogP contribution in [0.4, 0.5) is 0 Å². The normalized spacial score (nSPS) is 18.0. The largest absolute Gasteiger partial charge is 0.396 e. The zero-order chi connectivity index (χ0) is 14.7. The molecule has 0 aromatic rings. The lowest BCUT2D eigenvalue weighted by Gasteiger charge is -2.24. The SMILES string of the molecule is CC(CO)C(C)CC(O)C(O)CCCCCCCO. The average Bonchev–Trinajstić information content (AvgIpc) is 2.41. The Morgan fingerprint density at radius 1 is 0.737 bits per heavy atom. The maximum atomic E-state index is 9.91. The lowest BCUT2D eigenvalue weighted by atomic mass is 9.89. The summed E-state index contributed by atoms with van der Waals surface area (Å²) < 4.78 is 0. The van der Waals surface area contributed by atoms with Gasteiger partial charge in [-0.05, 0) is 31.1 Å². The summed E-state index contributed by atoms with van der Waals surface area (Å²) in [5.74, 6) is 0.361. The maximum Gasteiger partial charge on any atom is 0.0801 e. The lowest BCUT2D eigenvalue weighted by Crippen LogP contribution is -2.29. The highest BCUT2D eigenvalue weighted by Crippen LogP contribution is 2.20. The quantitative estimate of drug-likeness (QED) is 0.409. The number of rotatable bonds is 12. The predicted molar refractivity (Wildman–Crippen MR) is 76.8 cm³/mol. The molecule has 0 aliphatic rings. The van der Waals surface area contributed by atoms with E-state index in [2.05, 4.69) is 0 Å². The third-order valence-corrected chi connectivity index (χ3v) is 3.97. The van der Waals surface area contributed by atoms with Gasteiger partial charge in [0.1, 0.15) is 0 Å². The molecule has 4 atom stereocenters. The van der Waals surface area contributed by atoms with Crippen molar-refractivity contribution in [3.8, 4) is 0 Å². The second kappa shape index (κ2) is 11.6. The summed E-state index contributed by atoms with van der Waals surface area (Å²) in [5.41, 5.74) is 0. The van der Waals surface area contributed by atoms with Crippen molar-refractivity contribution in [2.75, 3.05) is 13.2 Å². The Morgan fingerprint density at radius 2 is 1.32 bits per heavy atom. The van der Waals surface area contributed by atoms with E-state index >= 15 is 0 Å². The zero-order valence-corrected chi connectivity index (χ0v) is 12.5. The van der Waals surface area contributed by atoms with Crippen molar-refractivity contribution in [1.82, 2.24) is 0 Å². The fourth-order valence-electron chi connectivity index (χ4n) is 2.14. The summed E-state index contributed by atoms with van der Waals surface area (Å²) >= 11 is 0. The minimum Gasteiger partial charge on any atom is -0.396 e. The van der Waals surface area contributed by atoms with Gasteiger partial charge in [0.2, 0.25) is 0 Å². The summed E-state index contributed by atoms with van der Waals surface area (Å²) in [4.78, 5) is 0. The van der Waals surface area contributed by atoms with Crippen LogP contribution in [0.1, 0.15) is 58.8 Å². The summed E-state index contributed by atoms with van der Waals surface area (Å²) in [5, 5.41) is 37.5. The molecule has 0 aromatic carbocycles. The molecule has 0 bridgehead atoms. The van der Waals surface area contributed by atoms with Crippen LogP contribution in [-0.4, -0.2) is 45.8 Å². The van der Waals surface area contributed by atoms with Crippen molar-refractivity contribution in [2.45, 2.75) is 71.0 Å². The van der Waals surface area contributed by atoms with Crippen molar-refractivity contribution in [3.05, 3.63) is 0 Å². The number of aliphatic hydroxyl groups is 4. The molecule has 19 heavy (non-hydrogen) atoms. The first kappa shape index (κ1) is 18.8. The van der Waals surface area contributed by atoms with E-state index in [-0.39, 0.29) is 25.0 Å². The predicted octanol–water partition coefficient (Wildman–Crippen LogP) is 1.70. The van der Waals surface area contributed by atoms with Crippen molar-refractivity contribution in [3.63, 3.8) is 0 Å². The van der Waals surface area contributed by atoms with Crippen LogP contribution < -0.4 is 0 Å². The third kappa shape index (κ3) is 9.38. The van der Waals surface area contributed by atoms with Gasteiger partial charge >= 0.3 is 0 Å². The van der Waals surface area contributed by atoms with E-state index in [1.807, 2.05) is 13.8 Å². The van der Waals surface area contributed by atoms with Gasteiger partial charge in [0.05, 0.1) is 12.2 Å². The van der Waals surface area contributed by atoms with Gasteiger partial charge in [-0.25, -0.2) is 0 Å². The Labute approximate surface area is 117 Å². The van der Waals surface area contributed by atoms with Crippen molar-refractivity contribution in [1.29, 1.82) is 0 Å². The number of unbranched alkanes of at least 4 members (excludes halogenated alkanes) is 4. The zero-order valence-electron chi connectivity index (χ0n) is 12.5. The molecule has 4 N–H and O–H groups in total. The van der Waals surface area contributed by atoms with Gasteiger partial charge in [-0.15, -0.1) is 0 Å². The third-order valence-electron chi connectivity index (χ3n) is 3.97. The summed E-state index contributed by atoms with van der Waals surface area (Å²) in [6.45, 7) is 4.31. The van der Waals surface area contributed by atoms with Crippen LogP contribution in [0, 0.1) is 11.8 Å². The molecule has 4 heteroatoms. The van der Waals surface area contributed by atoms with Crippen LogP contribution in [-0.2, 0) is 0 Å². The van der Waals surface area contributed by atoms with Crippen molar-refractivity contribution in [2.24, 2.45) is 11.8 Å². The molecule has 4 nitrogen and oxygen atoms in total. The van der Waals surface area contributed by atoms with Crippen LogP contribution in [0.3, 0.4) is 0 Å². The fourth-order valence-corrected chi connectivity index (χ4v) is 2.14. The van der Waals surface area contributed by atoms with Crippen LogP contribution >= 0.6 is 0 Å². The summed E-state index contributed by atoms with van der Waals surface area (Å²) in [6.07, 6.45) is 4.70. The highest BCUT2D eigenvalue weighted by Gasteiger charge is 2.21. The molecular weight excluding hydrogens is 244 g/mol. The van der Waals surface area contributed by atoms with Gasteiger partial charge in [-0.3, -0.25) is 0 Å². The molecular formula is C15H32O4. The smallest absolute Gasteiger partial charge is 0.0801 e. The minimum absolute atomic E-state index is 0.120. The van der Waals surface area contributed by atoms with E-state index in [0.29, 0.717) is 12.8 Å². The highest BCUT2D eigenvalue weighted by molar-refractivity contribution is 4.72. The van der Waals surface area contributed by atoms with Crippen molar-refractivity contribution >= 4 is 0 Å². The van der Waals surface area contributed by atoms with Crippen LogP contribution in [0.5, 0.6) is 0 Å². The second-order valence-corrected chi connectivity index (χ2v) is 5.79. The topological polar surface area (TPSA) is 80.9 Å². The Kier molecular flexibility index (Phi) is 11.6. The van der Waals surface area contributed by atoms with E-state index in [9.17, 15) is 10.2 Å². The monoisotopic (exact) mass is 276 g/mol. The van der Waals surface area contributed by atoms with E-state index in [4.69, 9.17) is 10.2 Å². The van der Waals surface area contributed by atoms with Gasteiger partial charge in [0, 0.05) is 13.2 Å². The number of hydrogen-bond donors (Lipinski definition) is 4. The molecule has 0 aliphatic heterocycles. The second-order valence-electron chi connectivity index (χ2n) is 5.79. The van der Waals surface area contributed by atoms with Gasteiger partial charge in [-0.2, -0.15) is 0 Å². The first-order valence-electron chi connectivity index (χ1n) is 7.60. The van der Waals surface area contributed by atoms with Crippen molar-refractivity contribution < 1.29 is 20.4 Å². The molecule has 0 heterocycles. The molecule has 0 amide bonds. The Morgan fingerprint density at radius 3 is 1.89 bits per heavy atom. The first-order chi connectivity index (χ1) is 9.02. The van der Waals surface area contributed by atoms with E-state index < -0.39 is 12.2 Å². The molecule has 116 valence electrons. The Bertz CT molecular complexity index is 199. The molecule has 0 aliphatic carbocycles. The molecule has 0 aromatic heterocycles. The van der Waals surface area contributed by atoms with E-state index in [0.717, 1.165) is 32.1 Å². The molecule has 4 unspecified atom stereocenters.